The third-order valence-electron chi connectivity index (χ3n) is 2.71. The standard InChI is InChI=1S/C13H21NO3/c1-5-6-10(14)9-7-11(15-2)13(17-4)12(8-9)16-3/h7-8,10H,5-6,14H2,1-4H3/t10-/m1/s1. The molecule has 0 unspecified atom stereocenters. The van der Waals surface area contributed by atoms with Crippen LogP contribution in [0.15, 0.2) is 12.1 Å². The lowest BCUT2D eigenvalue weighted by atomic mass is 10.0. The molecule has 0 fully saturated rings. The first-order valence-electron chi connectivity index (χ1n) is 5.73. The zero-order valence-corrected chi connectivity index (χ0v) is 10.9. The van der Waals surface area contributed by atoms with Gasteiger partial charge in [0.1, 0.15) is 0 Å². The van der Waals surface area contributed by atoms with Crippen molar-refractivity contribution in [3.8, 4) is 17.2 Å². The summed E-state index contributed by atoms with van der Waals surface area (Å²) >= 11 is 0. The highest BCUT2D eigenvalue weighted by molar-refractivity contribution is 5.54. The molecule has 1 aromatic carbocycles. The number of methoxy groups -OCH3 is 3. The highest BCUT2D eigenvalue weighted by Gasteiger charge is 2.15. The summed E-state index contributed by atoms with van der Waals surface area (Å²) in [7, 11) is 4.80. The second-order valence-electron chi connectivity index (χ2n) is 3.85. The monoisotopic (exact) mass is 239 g/mol. The molecule has 2 N–H and O–H groups in total. The Morgan fingerprint density at radius 1 is 1.06 bits per heavy atom. The van der Waals surface area contributed by atoms with E-state index in [4.69, 9.17) is 19.9 Å². The Morgan fingerprint density at radius 2 is 1.59 bits per heavy atom. The van der Waals surface area contributed by atoms with E-state index in [1.54, 1.807) is 21.3 Å². The smallest absolute Gasteiger partial charge is 0.203 e. The maximum atomic E-state index is 6.09. The van der Waals surface area contributed by atoms with Gasteiger partial charge in [-0.05, 0) is 24.1 Å². The summed E-state index contributed by atoms with van der Waals surface area (Å²) in [5.74, 6) is 1.89. The quantitative estimate of drug-likeness (QED) is 0.828. The van der Waals surface area contributed by atoms with Crippen LogP contribution in [0.2, 0.25) is 0 Å². The van der Waals surface area contributed by atoms with Gasteiger partial charge >= 0.3 is 0 Å². The molecular weight excluding hydrogens is 218 g/mol. The van der Waals surface area contributed by atoms with E-state index in [-0.39, 0.29) is 6.04 Å². The normalized spacial score (nSPS) is 12.1. The molecule has 0 heterocycles. The van der Waals surface area contributed by atoms with Crippen LogP contribution >= 0.6 is 0 Å². The summed E-state index contributed by atoms with van der Waals surface area (Å²) in [6.45, 7) is 2.11. The average Bonchev–Trinajstić information content (AvgIpc) is 2.37. The minimum atomic E-state index is -0.00583. The van der Waals surface area contributed by atoms with Crippen molar-refractivity contribution >= 4 is 0 Å². The molecule has 0 saturated carbocycles. The topological polar surface area (TPSA) is 53.7 Å². The Kier molecular flexibility index (Phi) is 5.10. The van der Waals surface area contributed by atoms with E-state index in [0.29, 0.717) is 17.2 Å². The molecule has 0 aliphatic heterocycles. The van der Waals surface area contributed by atoms with Crippen molar-refractivity contribution in [1.82, 2.24) is 0 Å². The van der Waals surface area contributed by atoms with Crippen LogP contribution in [-0.4, -0.2) is 21.3 Å². The molecule has 0 spiro atoms. The van der Waals surface area contributed by atoms with Crippen LogP contribution in [0.3, 0.4) is 0 Å². The summed E-state index contributed by atoms with van der Waals surface area (Å²) < 4.78 is 15.8. The average molecular weight is 239 g/mol. The van der Waals surface area contributed by atoms with Crippen LogP contribution in [-0.2, 0) is 0 Å². The van der Waals surface area contributed by atoms with Crippen molar-refractivity contribution in [3.05, 3.63) is 17.7 Å². The zero-order chi connectivity index (χ0) is 12.8. The molecule has 1 aromatic rings. The van der Waals surface area contributed by atoms with Gasteiger partial charge in [0.05, 0.1) is 21.3 Å². The Labute approximate surface area is 103 Å². The van der Waals surface area contributed by atoms with Gasteiger partial charge in [-0.1, -0.05) is 13.3 Å². The van der Waals surface area contributed by atoms with Crippen molar-refractivity contribution in [3.63, 3.8) is 0 Å². The van der Waals surface area contributed by atoms with Crippen LogP contribution in [0.1, 0.15) is 31.4 Å². The molecule has 4 nitrogen and oxygen atoms in total. The van der Waals surface area contributed by atoms with Crippen molar-refractivity contribution in [2.24, 2.45) is 5.73 Å². The van der Waals surface area contributed by atoms with Gasteiger partial charge in [-0.15, -0.1) is 0 Å². The Hall–Kier alpha value is -1.42. The Bertz CT molecular complexity index is 341. The summed E-state index contributed by atoms with van der Waals surface area (Å²) in [6, 6.07) is 3.80. The third-order valence-corrected chi connectivity index (χ3v) is 2.71. The predicted molar refractivity (Wildman–Crippen MR) is 67.9 cm³/mol. The molecule has 1 atom stereocenters. The fourth-order valence-corrected chi connectivity index (χ4v) is 1.79. The Morgan fingerprint density at radius 3 is 1.94 bits per heavy atom. The minimum absolute atomic E-state index is 0.00583. The Balaban J connectivity index is 3.17. The molecule has 0 aliphatic carbocycles. The van der Waals surface area contributed by atoms with Crippen LogP contribution < -0.4 is 19.9 Å². The van der Waals surface area contributed by atoms with E-state index >= 15 is 0 Å². The first-order valence-corrected chi connectivity index (χ1v) is 5.73. The molecule has 0 saturated heterocycles. The van der Waals surface area contributed by atoms with Gasteiger partial charge in [0.2, 0.25) is 5.75 Å². The molecule has 17 heavy (non-hydrogen) atoms. The summed E-state index contributed by atoms with van der Waals surface area (Å²) in [6.07, 6.45) is 1.97. The number of rotatable bonds is 6. The molecule has 96 valence electrons. The van der Waals surface area contributed by atoms with E-state index in [1.807, 2.05) is 12.1 Å². The molecule has 4 heteroatoms. The van der Waals surface area contributed by atoms with Gasteiger partial charge in [-0.3, -0.25) is 0 Å². The van der Waals surface area contributed by atoms with Gasteiger partial charge < -0.3 is 19.9 Å². The molecule has 1 rings (SSSR count). The van der Waals surface area contributed by atoms with E-state index < -0.39 is 0 Å². The summed E-state index contributed by atoms with van der Waals surface area (Å²) in [4.78, 5) is 0. The number of benzene rings is 1. The van der Waals surface area contributed by atoms with Gasteiger partial charge in [-0.25, -0.2) is 0 Å². The van der Waals surface area contributed by atoms with Crippen LogP contribution in [0.5, 0.6) is 17.2 Å². The van der Waals surface area contributed by atoms with Crippen molar-refractivity contribution in [2.75, 3.05) is 21.3 Å². The lowest BCUT2D eigenvalue weighted by molar-refractivity contribution is 0.323. The lowest BCUT2D eigenvalue weighted by Crippen LogP contribution is -2.10. The molecular formula is C13H21NO3. The highest BCUT2D eigenvalue weighted by atomic mass is 16.5. The van der Waals surface area contributed by atoms with Crippen LogP contribution in [0, 0.1) is 0 Å². The molecule has 0 bridgehead atoms. The maximum absolute atomic E-state index is 6.09. The number of nitrogens with two attached hydrogens (primary N) is 1. The second-order valence-corrected chi connectivity index (χ2v) is 3.85. The molecule has 0 aromatic heterocycles. The van der Waals surface area contributed by atoms with Crippen LogP contribution in [0.25, 0.3) is 0 Å². The second kappa shape index (κ2) is 6.35. The van der Waals surface area contributed by atoms with Crippen LogP contribution in [0.4, 0.5) is 0 Å². The number of ether oxygens (including phenoxy) is 3. The molecule has 0 aliphatic rings. The fourth-order valence-electron chi connectivity index (χ4n) is 1.79. The van der Waals surface area contributed by atoms with Gasteiger partial charge in [0, 0.05) is 6.04 Å². The molecule has 0 amide bonds. The van der Waals surface area contributed by atoms with Gasteiger partial charge in [0.15, 0.2) is 11.5 Å². The first kappa shape index (κ1) is 13.6. The number of hydrogen-bond donors (Lipinski definition) is 1. The lowest BCUT2D eigenvalue weighted by Gasteiger charge is -2.17. The van der Waals surface area contributed by atoms with Crippen molar-refractivity contribution < 1.29 is 14.2 Å². The van der Waals surface area contributed by atoms with Crippen molar-refractivity contribution in [2.45, 2.75) is 25.8 Å². The van der Waals surface area contributed by atoms with Crippen molar-refractivity contribution in [1.29, 1.82) is 0 Å². The zero-order valence-electron chi connectivity index (χ0n) is 10.9. The predicted octanol–water partition coefficient (Wildman–Crippen LogP) is 2.51. The fraction of sp³-hybridized carbons (Fsp3) is 0.538. The van der Waals surface area contributed by atoms with E-state index in [1.165, 1.54) is 0 Å². The minimum Gasteiger partial charge on any atom is -0.493 e. The van der Waals surface area contributed by atoms with E-state index in [0.717, 1.165) is 18.4 Å². The number of hydrogen-bond acceptors (Lipinski definition) is 4. The first-order chi connectivity index (χ1) is 8.17. The van der Waals surface area contributed by atoms with E-state index in [9.17, 15) is 0 Å². The molecule has 0 radical (unpaired) electrons. The highest BCUT2D eigenvalue weighted by Crippen LogP contribution is 2.39. The third kappa shape index (κ3) is 3.03. The SMILES string of the molecule is CCC[C@@H](N)c1cc(OC)c(OC)c(OC)c1. The van der Waals surface area contributed by atoms with E-state index in [2.05, 4.69) is 6.92 Å². The van der Waals surface area contributed by atoms with Gasteiger partial charge in [-0.2, -0.15) is 0 Å². The summed E-state index contributed by atoms with van der Waals surface area (Å²) in [5, 5.41) is 0. The largest absolute Gasteiger partial charge is 0.493 e. The van der Waals surface area contributed by atoms with Gasteiger partial charge in [0.25, 0.3) is 0 Å². The maximum Gasteiger partial charge on any atom is 0.203 e. The summed E-state index contributed by atoms with van der Waals surface area (Å²) in [5.41, 5.74) is 7.09.